The SMILES string of the molecule is CC1O[C@@H](Oc2cccc3c2C(=O)c2c(O)c4c(c(O)c2C3=O)C[C@](C)(O)CC4O)C(O)C(N(C)C)[C@@H]1O. The number of aliphatic hydroxyl groups excluding tert-OH is 3. The molecule has 7 atom stereocenters. The van der Waals surface area contributed by atoms with Crippen LogP contribution in [0, 0.1) is 0 Å². The van der Waals surface area contributed by atoms with Crippen LogP contribution < -0.4 is 4.74 Å². The molecule has 1 saturated heterocycles. The van der Waals surface area contributed by atoms with Gasteiger partial charge < -0.3 is 45.0 Å². The molecule has 6 N–H and O–H groups in total. The zero-order valence-corrected chi connectivity index (χ0v) is 21.4. The summed E-state index contributed by atoms with van der Waals surface area (Å²) in [6.45, 7) is 3.07. The van der Waals surface area contributed by atoms with Crippen LogP contribution in [0.1, 0.15) is 69.3 Å². The number of hydrogen-bond acceptors (Lipinski definition) is 11. The number of nitrogens with zero attached hydrogens (tertiary/aromatic N) is 1. The predicted molar refractivity (Wildman–Crippen MR) is 131 cm³/mol. The van der Waals surface area contributed by atoms with Crippen LogP contribution in [0.15, 0.2) is 18.2 Å². The molecule has 11 nitrogen and oxygen atoms in total. The van der Waals surface area contributed by atoms with Crippen LogP contribution >= 0.6 is 0 Å². The Hall–Kier alpha value is -3.06. The Balaban J connectivity index is 1.61. The molecule has 5 rings (SSSR count). The van der Waals surface area contributed by atoms with Gasteiger partial charge in [0.25, 0.3) is 0 Å². The fraction of sp³-hybridized carbons (Fsp3) is 0.481. The lowest BCUT2D eigenvalue weighted by atomic mass is 9.73. The molecule has 0 saturated carbocycles. The number of hydrogen-bond donors (Lipinski definition) is 6. The third-order valence-corrected chi connectivity index (χ3v) is 7.71. The Kier molecular flexibility index (Phi) is 6.29. The number of carbonyl (C=O) groups excluding carboxylic acids is 2. The zero-order valence-electron chi connectivity index (χ0n) is 21.4. The minimum Gasteiger partial charge on any atom is -0.507 e. The van der Waals surface area contributed by atoms with Crippen molar-refractivity contribution in [3.8, 4) is 17.2 Å². The molecule has 1 heterocycles. The summed E-state index contributed by atoms with van der Waals surface area (Å²) in [5.74, 6) is -2.90. The number of phenols is 2. The summed E-state index contributed by atoms with van der Waals surface area (Å²) in [5, 5.41) is 64.7. The molecule has 1 aliphatic heterocycles. The molecule has 38 heavy (non-hydrogen) atoms. The van der Waals surface area contributed by atoms with Crippen molar-refractivity contribution in [1.29, 1.82) is 0 Å². The Labute approximate surface area is 218 Å². The van der Waals surface area contributed by atoms with E-state index >= 15 is 0 Å². The summed E-state index contributed by atoms with van der Waals surface area (Å²) in [6, 6.07) is 3.50. The van der Waals surface area contributed by atoms with E-state index in [-0.39, 0.29) is 40.8 Å². The molecule has 2 aliphatic carbocycles. The lowest BCUT2D eigenvalue weighted by Crippen LogP contribution is -2.63. The predicted octanol–water partition coefficient (Wildman–Crippen LogP) is 0.379. The van der Waals surface area contributed by atoms with E-state index < -0.39 is 76.5 Å². The lowest BCUT2D eigenvalue weighted by molar-refractivity contribution is -0.252. The molecule has 0 aromatic heterocycles. The fourth-order valence-electron chi connectivity index (χ4n) is 5.90. The van der Waals surface area contributed by atoms with Gasteiger partial charge in [-0.15, -0.1) is 0 Å². The maximum absolute atomic E-state index is 13.8. The molecule has 2 aromatic rings. The third kappa shape index (κ3) is 3.89. The van der Waals surface area contributed by atoms with Gasteiger partial charge in [-0.05, 0) is 34.0 Å². The summed E-state index contributed by atoms with van der Waals surface area (Å²) in [7, 11) is 3.36. The molecule has 1 fully saturated rings. The van der Waals surface area contributed by atoms with E-state index in [9.17, 15) is 40.2 Å². The normalized spacial score (nSPS) is 32.6. The molecular weight excluding hydrogens is 498 g/mol. The molecule has 3 aliphatic rings. The van der Waals surface area contributed by atoms with E-state index in [0.29, 0.717) is 0 Å². The fourth-order valence-corrected chi connectivity index (χ4v) is 5.90. The van der Waals surface area contributed by atoms with Gasteiger partial charge >= 0.3 is 0 Å². The van der Waals surface area contributed by atoms with E-state index in [1.54, 1.807) is 25.9 Å². The maximum Gasteiger partial charge on any atom is 0.228 e. The minimum atomic E-state index is -1.40. The van der Waals surface area contributed by atoms with Crippen LogP contribution in [0.4, 0.5) is 0 Å². The van der Waals surface area contributed by atoms with Crippen LogP contribution in [0.5, 0.6) is 17.2 Å². The first-order valence-corrected chi connectivity index (χ1v) is 12.3. The van der Waals surface area contributed by atoms with E-state index in [2.05, 4.69) is 0 Å². The second-order valence-corrected chi connectivity index (χ2v) is 10.8. The first kappa shape index (κ1) is 26.5. The maximum atomic E-state index is 13.8. The average Bonchev–Trinajstić information content (AvgIpc) is 2.82. The van der Waals surface area contributed by atoms with Crippen molar-refractivity contribution < 1.29 is 49.7 Å². The molecule has 204 valence electrons. The van der Waals surface area contributed by atoms with Crippen LogP contribution in [0.2, 0.25) is 0 Å². The van der Waals surface area contributed by atoms with Crippen molar-refractivity contribution in [3.05, 3.63) is 51.6 Å². The quantitative estimate of drug-likeness (QED) is 0.259. The average molecular weight is 530 g/mol. The van der Waals surface area contributed by atoms with Gasteiger partial charge in [-0.25, -0.2) is 0 Å². The highest BCUT2D eigenvalue weighted by Crippen LogP contribution is 2.50. The van der Waals surface area contributed by atoms with Gasteiger partial charge in [0.15, 0.2) is 5.78 Å². The first-order valence-electron chi connectivity index (χ1n) is 12.3. The number of ether oxygens (including phenoxy) is 2. The Morgan fingerprint density at radius 3 is 2.32 bits per heavy atom. The van der Waals surface area contributed by atoms with Crippen LogP contribution in [-0.2, 0) is 11.2 Å². The number of carbonyl (C=O) groups is 2. The topological polar surface area (TPSA) is 177 Å². The van der Waals surface area contributed by atoms with Gasteiger partial charge in [0.05, 0.1) is 46.6 Å². The van der Waals surface area contributed by atoms with Gasteiger partial charge in [-0.2, -0.15) is 0 Å². The van der Waals surface area contributed by atoms with Gasteiger partial charge in [-0.1, -0.05) is 12.1 Å². The first-order chi connectivity index (χ1) is 17.7. The molecule has 11 heteroatoms. The van der Waals surface area contributed by atoms with Crippen molar-refractivity contribution in [3.63, 3.8) is 0 Å². The monoisotopic (exact) mass is 529 g/mol. The minimum absolute atomic E-state index is 0.00278. The summed E-state index contributed by atoms with van der Waals surface area (Å²) < 4.78 is 11.6. The number of ketones is 2. The van der Waals surface area contributed by atoms with E-state index in [1.807, 2.05) is 0 Å². The number of fused-ring (bicyclic) bond motifs is 3. The van der Waals surface area contributed by atoms with Gasteiger partial charge in [-0.3, -0.25) is 9.59 Å². The molecule has 0 radical (unpaired) electrons. The van der Waals surface area contributed by atoms with Crippen LogP contribution in [-0.4, -0.2) is 97.4 Å². The molecule has 4 unspecified atom stereocenters. The number of likely N-dealkylation sites (N-methyl/N-ethyl adjacent to an activating group) is 1. The van der Waals surface area contributed by atoms with Crippen molar-refractivity contribution in [2.24, 2.45) is 0 Å². The second-order valence-electron chi connectivity index (χ2n) is 10.8. The Bertz CT molecular complexity index is 1340. The van der Waals surface area contributed by atoms with Gasteiger partial charge in [0.2, 0.25) is 12.1 Å². The number of rotatable bonds is 3. The summed E-state index contributed by atoms with van der Waals surface area (Å²) >= 11 is 0. The molecular formula is C27H31NO10. The van der Waals surface area contributed by atoms with E-state index in [0.717, 1.165) is 0 Å². The van der Waals surface area contributed by atoms with Gasteiger partial charge in [0.1, 0.15) is 23.4 Å². The van der Waals surface area contributed by atoms with Crippen LogP contribution in [0.3, 0.4) is 0 Å². The largest absolute Gasteiger partial charge is 0.507 e. The van der Waals surface area contributed by atoms with Crippen molar-refractivity contribution in [2.75, 3.05) is 14.1 Å². The number of aromatic hydroxyl groups is 2. The van der Waals surface area contributed by atoms with Crippen molar-refractivity contribution in [2.45, 2.75) is 69.0 Å². The van der Waals surface area contributed by atoms with E-state index in [4.69, 9.17) is 9.47 Å². The van der Waals surface area contributed by atoms with Crippen molar-refractivity contribution >= 4 is 11.6 Å². The smallest absolute Gasteiger partial charge is 0.228 e. The second kappa shape index (κ2) is 9.01. The Morgan fingerprint density at radius 1 is 1.00 bits per heavy atom. The molecule has 0 spiro atoms. The number of aliphatic hydroxyl groups is 4. The van der Waals surface area contributed by atoms with E-state index in [1.165, 1.54) is 25.1 Å². The molecule has 2 aromatic carbocycles. The summed E-state index contributed by atoms with van der Waals surface area (Å²) in [5.41, 5.74) is -2.70. The zero-order chi connectivity index (χ0) is 27.8. The highest BCUT2D eigenvalue weighted by molar-refractivity contribution is 6.31. The van der Waals surface area contributed by atoms with Crippen LogP contribution in [0.25, 0.3) is 0 Å². The highest BCUT2D eigenvalue weighted by Gasteiger charge is 2.47. The van der Waals surface area contributed by atoms with Gasteiger partial charge in [0, 0.05) is 29.5 Å². The number of phenolic OH excluding ortho intramolecular Hbond substituents is 2. The standard InChI is InChI=1S/C27H31NO10/c1-10-20(30)19(28(3)4)25(35)26(37-10)38-14-7-5-6-11-16(14)24(34)18-17(21(11)31)22(32)12-8-27(2,36)9-13(29)15(12)23(18)33/h5-7,10,13,19-20,25-26,29-30,32-33,35-36H,8-9H2,1-4H3/t10?,13?,19?,20-,25?,26+,27+/m1/s1. The summed E-state index contributed by atoms with van der Waals surface area (Å²) in [6.07, 6.45) is -6.03. The lowest BCUT2D eigenvalue weighted by Gasteiger charge is -2.44. The van der Waals surface area contributed by atoms with Crippen molar-refractivity contribution in [1.82, 2.24) is 4.90 Å². The molecule has 0 bridgehead atoms. The molecule has 0 amide bonds. The third-order valence-electron chi connectivity index (χ3n) is 7.71. The summed E-state index contributed by atoms with van der Waals surface area (Å²) in [4.78, 5) is 29.0. The Morgan fingerprint density at radius 2 is 1.66 bits per heavy atom. The number of benzene rings is 2. The highest BCUT2D eigenvalue weighted by atomic mass is 16.7.